The van der Waals surface area contributed by atoms with Crippen molar-refractivity contribution >= 4 is 11.5 Å². The molecule has 1 aromatic carbocycles. The van der Waals surface area contributed by atoms with Gasteiger partial charge in [0.2, 0.25) is 5.82 Å². The Bertz CT molecular complexity index is 822. The van der Waals surface area contributed by atoms with E-state index in [1.54, 1.807) is 24.3 Å². The minimum absolute atomic E-state index is 0.0571. The largest absolute Gasteiger partial charge is 0.471 e. The van der Waals surface area contributed by atoms with Crippen LogP contribution in [0, 0.1) is 5.92 Å². The molecule has 0 aliphatic heterocycles. The van der Waals surface area contributed by atoms with Gasteiger partial charge in [-0.2, -0.15) is 18.2 Å². The topological polar surface area (TPSA) is 77.6 Å². The highest BCUT2D eigenvalue weighted by molar-refractivity contribution is 6.00. The van der Waals surface area contributed by atoms with E-state index in [9.17, 15) is 18.0 Å². The zero-order chi connectivity index (χ0) is 18.7. The van der Waals surface area contributed by atoms with Crippen LogP contribution in [0.3, 0.4) is 0 Å². The summed E-state index contributed by atoms with van der Waals surface area (Å²) in [4.78, 5) is 20.6. The first kappa shape index (κ1) is 18.1. The molecule has 6 nitrogen and oxygen atoms in total. The number of hydrogen-bond donors (Lipinski definition) is 0. The monoisotopic (exact) mass is 367 g/mol. The minimum Gasteiger partial charge on any atom is -0.396 e. The third-order valence-electron chi connectivity index (χ3n) is 3.97. The van der Waals surface area contributed by atoms with E-state index in [4.69, 9.17) is 4.84 Å². The first-order valence-electron chi connectivity index (χ1n) is 8.07. The SMILES string of the molecule is CCON=C1CC(C(=O)Cc2cccc(-c3noc(C(F)(F)F)n3)c2)C1. The summed E-state index contributed by atoms with van der Waals surface area (Å²) in [6.07, 6.45) is -3.34. The van der Waals surface area contributed by atoms with Crippen molar-refractivity contribution in [1.29, 1.82) is 0 Å². The molecule has 2 aromatic rings. The fraction of sp³-hybridized carbons (Fsp3) is 0.412. The molecular formula is C17H16F3N3O3. The molecule has 1 aliphatic rings. The Balaban J connectivity index is 1.65. The molecule has 0 radical (unpaired) electrons. The van der Waals surface area contributed by atoms with Gasteiger partial charge in [-0.05, 0) is 31.4 Å². The Labute approximate surface area is 147 Å². The van der Waals surface area contributed by atoms with E-state index in [2.05, 4.69) is 19.8 Å². The van der Waals surface area contributed by atoms with Crippen LogP contribution in [0.25, 0.3) is 11.4 Å². The molecule has 1 heterocycles. The van der Waals surface area contributed by atoms with Crippen LogP contribution < -0.4 is 0 Å². The smallest absolute Gasteiger partial charge is 0.396 e. The first-order chi connectivity index (χ1) is 12.4. The third-order valence-corrected chi connectivity index (χ3v) is 3.97. The molecule has 26 heavy (non-hydrogen) atoms. The number of carbonyl (C=O) groups excluding carboxylic acids is 1. The van der Waals surface area contributed by atoms with Gasteiger partial charge in [-0.1, -0.05) is 28.5 Å². The maximum atomic E-state index is 12.6. The molecule has 0 N–H and O–H groups in total. The van der Waals surface area contributed by atoms with E-state index in [-0.39, 0.29) is 23.9 Å². The summed E-state index contributed by atoms with van der Waals surface area (Å²) >= 11 is 0. The molecule has 138 valence electrons. The lowest BCUT2D eigenvalue weighted by Crippen LogP contribution is -2.32. The van der Waals surface area contributed by atoms with Crippen molar-refractivity contribution in [3.63, 3.8) is 0 Å². The van der Waals surface area contributed by atoms with E-state index in [1.807, 2.05) is 6.92 Å². The second kappa shape index (κ2) is 7.27. The van der Waals surface area contributed by atoms with E-state index >= 15 is 0 Å². The fourth-order valence-corrected chi connectivity index (χ4v) is 2.59. The number of aromatic nitrogens is 2. The molecule has 9 heteroatoms. The number of ketones is 1. The zero-order valence-electron chi connectivity index (χ0n) is 13.9. The first-order valence-corrected chi connectivity index (χ1v) is 8.07. The van der Waals surface area contributed by atoms with Crippen molar-refractivity contribution in [2.24, 2.45) is 11.1 Å². The Morgan fingerprint density at radius 2 is 2.15 bits per heavy atom. The molecule has 0 bridgehead atoms. The molecule has 0 amide bonds. The number of halogens is 3. The second-order valence-electron chi connectivity index (χ2n) is 5.94. The summed E-state index contributed by atoms with van der Waals surface area (Å²) in [7, 11) is 0. The molecule has 0 atom stereocenters. The molecular weight excluding hydrogens is 351 g/mol. The lowest BCUT2D eigenvalue weighted by Gasteiger charge is -2.25. The van der Waals surface area contributed by atoms with Crippen molar-refractivity contribution in [1.82, 2.24) is 10.1 Å². The number of benzene rings is 1. The Morgan fingerprint density at radius 3 is 2.81 bits per heavy atom. The van der Waals surface area contributed by atoms with Crippen LogP contribution in [0.1, 0.15) is 31.2 Å². The fourth-order valence-electron chi connectivity index (χ4n) is 2.59. The standard InChI is InChI=1S/C17H16F3N3O3/c1-2-25-22-13-8-12(9-13)14(24)7-10-4-3-5-11(6-10)15-21-16(26-23-15)17(18,19)20/h3-6,12H,2,7-9H2,1H3. The van der Waals surface area contributed by atoms with E-state index in [1.165, 1.54) is 0 Å². The number of Topliss-reactive ketones (excluding diaryl/α,β-unsaturated/α-hetero) is 1. The van der Waals surface area contributed by atoms with Gasteiger partial charge in [0, 0.05) is 17.9 Å². The highest BCUT2D eigenvalue weighted by Crippen LogP contribution is 2.30. The van der Waals surface area contributed by atoms with Crippen LogP contribution in [0.4, 0.5) is 13.2 Å². The van der Waals surface area contributed by atoms with Crippen LogP contribution in [-0.2, 0) is 22.2 Å². The van der Waals surface area contributed by atoms with Crippen molar-refractivity contribution in [2.45, 2.75) is 32.4 Å². The highest BCUT2D eigenvalue weighted by atomic mass is 19.4. The number of hydrogen-bond acceptors (Lipinski definition) is 6. The Hall–Kier alpha value is -2.71. The number of carbonyl (C=O) groups is 1. The molecule has 0 unspecified atom stereocenters. The van der Waals surface area contributed by atoms with Gasteiger partial charge >= 0.3 is 12.1 Å². The summed E-state index contributed by atoms with van der Waals surface area (Å²) in [5.41, 5.74) is 1.91. The van der Waals surface area contributed by atoms with Crippen molar-refractivity contribution in [2.75, 3.05) is 6.61 Å². The van der Waals surface area contributed by atoms with Crippen molar-refractivity contribution in [3.8, 4) is 11.4 Å². The van der Waals surface area contributed by atoms with Crippen molar-refractivity contribution < 1.29 is 27.3 Å². The maximum absolute atomic E-state index is 12.6. The number of alkyl halides is 3. The quantitative estimate of drug-likeness (QED) is 0.728. The summed E-state index contributed by atoms with van der Waals surface area (Å²) in [6.45, 7) is 2.32. The predicted octanol–water partition coefficient (Wildman–Crippen LogP) is 3.67. The highest BCUT2D eigenvalue weighted by Gasteiger charge is 2.38. The summed E-state index contributed by atoms with van der Waals surface area (Å²) in [5.74, 6) is -1.60. The van der Waals surface area contributed by atoms with E-state index in [0.29, 0.717) is 30.6 Å². The Kier molecular flexibility index (Phi) is 5.06. The molecule has 1 saturated carbocycles. The average Bonchev–Trinajstić information content (AvgIpc) is 3.04. The van der Waals surface area contributed by atoms with Gasteiger partial charge in [0.25, 0.3) is 0 Å². The van der Waals surface area contributed by atoms with Crippen molar-refractivity contribution in [3.05, 3.63) is 35.7 Å². The van der Waals surface area contributed by atoms with Gasteiger partial charge in [0.15, 0.2) is 0 Å². The lowest BCUT2D eigenvalue weighted by molar-refractivity contribution is -0.159. The number of rotatable bonds is 6. The number of nitrogens with zero attached hydrogens (tertiary/aromatic N) is 3. The molecule has 3 rings (SSSR count). The van der Waals surface area contributed by atoms with Crippen LogP contribution in [-0.4, -0.2) is 28.2 Å². The minimum atomic E-state index is -4.69. The molecule has 1 aromatic heterocycles. The maximum Gasteiger partial charge on any atom is 0.471 e. The van der Waals surface area contributed by atoms with Gasteiger partial charge in [0.1, 0.15) is 12.4 Å². The van der Waals surface area contributed by atoms with Crippen LogP contribution in [0.15, 0.2) is 33.9 Å². The van der Waals surface area contributed by atoms with Gasteiger partial charge in [0.05, 0.1) is 5.71 Å². The average molecular weight is 367 g/mol. The van der Waals surface area contributed by atoms with E-state index in [0.717, 1.165) is 5.71 Å². The third kappa shape index (κ3) is 4.09. The van der Waals surface area contributed by atoms with Crippen LogP contribution >= 0.6 is 0 Å². The van der Waals surface area contributed by atoms with Gasteiger partial charge in [-0.3, -0.25) is 4.79 Å². The van der Waals surface area contributed by atoms with Crippen LogP contribution in [0.5, 0.6) is 0 Å². The molecule has 1 fully saturated rings. The molecule has 0 saturated heterocycles. The van der Waals surface area contributed by atoms with Gasteiger partial charge in [-0.25, -0.2) is 0 Å². The lowest BCUT2D eigenvalue weighted by atomic mass is 9.78. The number of oxime groups is 1. The molecule has 1 aliphatic carbocycles. The summed E-state index contributed by atoms with van der Waals surface area (Å²) in [5, 5.41) is 7.26. The zero-order valence-corrected chi connectivity index (χ0v) is 13.9. The summed E-state index contributed by atoms with van der Waals surface area (Å²) < 4.78 is 41.9. The normalized spacial score (nSPS) is 16.9. The van der Waals surface area contributed by atoms with Gasteiger partial charge in [-0.15, -0.1) is 0 Å². The molecule has 0 spiro atoms. The van der Waals surface area contributed by atoms with E-state index < -0.39 is 12.1 Å². The predicted molar refractivity (Wildman–Crippen MR) is 85.2 cm³/mol. The second-order valence-corrected chi connectivity index (χ2v) is 5.94. The van der Waals surface area contributed by atoms with Crippen LogP contribution in [0.2, 0.25) is 0 Å². The summed E-state index contributed by atoms with van der Waals surface area (Å²) in [6, 6.07) is 6.54. The Morgan fingerprint density at radius 1 is 1.38 bits per heavy atom. The van der Waals surface area contributed by atoms with Gasteiger partial charge < -0.3 is 9.36 Å².